The molecule has 0 fully saturated rings. The highest BCUT2D eigenvalue weighted by Crippen LogP contribution is 2.40. The zero-order valence-corrected chi connectivity index (χ0v) is 20.1. The number of carbonyl (C=O) groups is 1. The number of rotatable bonds is 8. The molecule has 11 heteroatoms. The average Bonchev–Trinajstić information content (AvgIpc) is 3.19. The molecule has 3 heterocycles. The number of nitrogens with one attached hydrogen (secondary N) is 2. The van der Waals surface area contributed by atoms with Crippen LogP contribution < -0.4 is 20.1 Å². The maximum Gasteiger partial charge on any atom is 0.323 e. The molecule has 5 rings (SSSR count). The van der Waals surface area contributed by atoms with Gasteiger partial charge in [-0.3, -0.25) is 19.8 Å². The summed E-state index contributed by atoms with van der Waals surface area (Å²) < 4.78 is 13.0. The summed E-state index contributed by atoms with van der Waals surface area (Å²) in [4.78, 5) is 15.7. The number of benzene rings is 2. The Labute approximate surface area is 211 Å². The van der Waals surface area contributed by atoms with Gasteiger partial charge in [0.1, 0.15) is 24.8 Å². The molecule has 0 amide bonds. The van der Waals surface area contributed by atoms with Gasteiger partial charge in [0, 0.05) is 25.4 Å². The van der Waals surface area contributed by atoms with Crippen molar-refractivity contribution in [2.45, 2.75) is 12.6 Å². The molecule has 2 aromatic heterocycles. The molecule has 1 aliphatic rings. The number of carboxylic acids is 1. The molecule has 0 saturated carbocycles. The first-order valence-corrected chi connectivity index (χ1v) is 11.7. The van der Waals surface area contributed by atoms with Crippen LogP contribution in [0.4, 0.5) is 11.5 Å². The fourth-order valence-corrected chi connectivity index (χ4v) is 4.30. The van der Waals surface area contributed by atoms with Gasteiger partial charge in [-0.15, -0.1) is 0 Å². The number of fused-ring (bicyclic) bond motifs is 2. The van der Waals surface area contributed by atoms with E-state index >= 15 is 0 Å². The van der Waals surface area contributed by atoms with Crippen LogP contribution in [0.3, 0.4) is 0 Å². The van der Waals surface area contributed by atoms with Crippen molar-refractivity contribution in [1.82, 2.24) is 20.1 Å². The fraction of sp³-hybridized carbons (Fsp3) is 0.240. The lowest BCUT2D eigenvalue weighted by Crippen LogP contribution is -2.39. The lowest BCUT2D eigenvalue weighted by Gasteiger charge is -2.19. The minimum absolute atomic E-state index is 0.234. The van der Waals surface area contributed by atoms with E-state index in [1.807, 2.05) is 42.5 Å². The Bertz CT molecular complexity index is 1440. The van der Waals surface area contributed by atoms with Crippen molar-refractivity contribution in [3.8, 4) is 22.6 Å². The molecule has 1 atom stereocenters. The predicted octanol–water partition coefficient (Wildman–Crippen LogP) is 3.34. The number of hydrogen-bond donors (Lipinski definition) is 4. The van der Waals surface area contributed by atoms with E-state index < -0.39 is 18.6 Å². The molecule has 36 heavy (non-hydrogen) atoms. The Balaban J connectivity index is 1.40. The minimum Gasteiger partial charge on any atom is -0.486 e. The van der Waals surface area contributed by atoms with Gasteiger partial charge in [-0.2, -0.15) is 5.10 Å². The van der Waals surface area contributed by atoms with Crippen LogP contribution in [-0.2, 0) is 18.4 Å². The lowest BCUT2D eigenvalue weighted by molar-refractivity contribution is -0.140. The maximum atomic E-state index is 11.1. The van der Waals surface area contributed by atoms with Gasteiger partial charge in [0.2, 0.25) is 0 Å². The summed E-state index contributed by atoms with van der Waals surface area (Å²) in [5.41, 5.74) is 4.55. The fourth-order valence-electron chi connectivity index (χ4n) is 4.02. The molecule has 1 aliphatic heterocycles. The normalized spacial score (nSPS) is 13.5. The van der Waals surface area contributed by atoms with Crippen molar-refractivity contribution in [3.63, 3.8) is 0 Å². The van der Waals surface area contributed by atoms with Gasteiger partial charge < -0.3 is 25.0 Å². The number of aliphatic carboxylic acids is 1. The van der Waals surface area contributed by atoms with Crippen molar-refractivity contribution in [2.24, 2.45) is 7.05 Å². The van der Waals surface area contributed by atoms with E-state index in [9.17, 15) is 9.90 Å². The summed E-state index contributed by atoms with van der Waals surface area (Å²) in [6.45, 7) is 0.766. The molecule has 0 spiro atoms. The predicted molar refractivity (Wildman–Crippen MR) is 135 cm³/mol. The number of ether oxygens (including phenoxy) is 2. The van der Waals surface area contributed by atoms with Crippen LogP contribution in [0.25, 0.3) is 22.2 Å². The SMILES string of the molecule is Cn1nc(Nc2cccc(-c3ccc4c(c3)OCCO4)c2Cl)c2ncc(CN[C@H](CO)C(=O)O)cc21. The minimum atomic E-state index is -1.12. The molecule has 0 radical (unpaired) electrons. The Kier molecular flexibility index (Phi) is 6.64. The van der Waals surface area contributed by atoms with Crippen LogP contribution in [0.15, 0.2) is 48.7 Å². The quantitative estimate of drug-likeness (QED) is 0.282. The van der Waals surface area contributed by atoms with Crippen molar-refractivity contribution in [2.75, 3.05) is 25.1 Å². The summed E-state index contributed by atoms with van der Waals surface area (Å²) in [6, 6.07) is 12.3. The van der Waals surface area contributed by atoms with Crippen molar-refractivity contribution in [3.05, 3.63) is 59.2 Å². The molecule has 0 saturated heterocycles. The third-order valence-corrected chi connectivity index (χ3v) is 6.29. The van der Waals surface area contributed by atoms with E-state index in [4.69, 9.17) is 26.2 Å². The van der Waals surface area contributed by atoms with Crippen LogP contribution in [-0.4, -0.2) is 56.8 Å². The van der Waals surface area contributed by atoms with E-state index in [0.29, 0.717) is 46.8 Å². The Morgan fingerprint density at radius 1 is 1.19 bits per heavy atom. The number of carboxylic acid groups (broad SMARTS) is 1. The number of aliphatic hydroxyl groups excluding tert-OH is 1. The molecule has 0 bridgehead atoms. The molecule has 4 aromatic rings. The van der Waals surface area contributed by atoms with Crippen LogP contribution in [0.1, 0.15) is 5.56 Å². The van der Waals surface area contributed by atoms with Gasteiger partial charge in [0.05, 0.1) is 22.8 Å². The monoisotopic (exact) mass is 509 g/mol. The van der Waals surface area contributed by atoms with Gasteiger partial charge in [0.25, 0.3) is 0 Å². The Morgan fingerprint density at radius 3 is 2.78 bits per heavy atom. The van der Waals surface area contributed by atoms with E-state index in [0.717, 1.165) is 22.2 Å². The molecule has 4 N–H and O–H groups in total. The number of aryl methyl sites for hydroxylation is 1. The molecule has 10 nitrogen and oxygen atoms in total. The molecule has 186 valence electrons. The number of aromatic nitrogens is 3. The van der Waals surface area contributed by atoms with Crippen molar-refractivity contribution in [1.29, 1.82) is 0 Å². The van der Waals surface area contributed by atoms with E-state index in [2.05, 4.69) is 20.7 Å². The first kappa shape index (κ1) is 23.9. The van der Waals surface area contributed by atoms with Crippen LogP contribution in [0.2, 0.25) is 5.02 Å². The van der Waals surface area contributed by atoms with E-state index in [1.54, 1.807) is 17.9 Å². The molecule has 2 aromatic carbocycles. The van der Waals surface area contributed by atoms with Gasteiger partial charge in [-0.25, -0.2) is 0 Å². The zero-order chi connectivity index (χ0) is 25.2. The zero-order valence-electron chi connectivity index (χ0n) is 19.4. The highest BCUT2D eigenvalue weighted by Gasteiger charge is 2.18. The highest BCUT2D eigenvalue weighted by atomic mass is 35.5. The largest absolute Gasteiger partial charge is 0.486 e. The second-order valence-corrected chi connectivity index (χ2v) is 8.67. The number of pyridine rings is 1. The van der Waals surface area contributed by atoms with Crippen LogP contribution in [0.5, 0.6) is 11.5 Å². The second kappa shape index (κ2) is 10.0. The van der Waals surface area contributed by atoms with Gasteiger partial charge in [-0.1, -0.05) is 29.8 Å². The third-order valence-electron chi connectivity index (χ3n) is 5.89. The second-order valence-electron chi connectivity index (χ2n) is 8.29. The van der Waals surface area contributed by atoms with Gasteiger partial charge in [-0.05, 0) is 35.4 Å². The number of anilines is 2. The Morgan fingerprint density at radius 2 is 2.00 bits per heavy atom. The number of halogens is 1. The molecule has 0 aliphatic carbocycles. The maximum absolute atomic E-state index is 11.1. The molecule has 0 unspecified atom stereocenters. The molecular formula is C25H24ClN5O5. The highest BCUT2D eigenvalue weighted by molar-refractivity contribution is 6.36. The summed E-state index contributed by atoms with van der Waals surface area (Å²) in [6.07, 6.45) is 1.64. The first-order chi connectivity index (χ1) is 17.4. The average molecular weight is 510 g/mol. The molecular weight excluding hydrogens is 486 g/mol. The summed E-state index contributed by atoms with van der Waals surface area (Å²) in [7, 11) is 1.80. The first-order valence-electron chi connectivity index (χ1n) is 11.3. The van der Waals surface area contributed by atoms with E-state index in [-0.39, 0.29) is 6.54 Å². The van der Waals surface area contributed by atoms with Crippen molar-refractivity contribution >= 4 is 40.1 Å². The van der Waals surface area contributed by atoms with Crippen molar-refractivity contribution < 1.29 is 24.5 Å². The summed E-state index contributed by atoms with van der Waals surface area (Å²) in [5, 5.41) is 29.5. The number of hydrogen-bond acceptors (Lipinski definition) is 8. The topological polar surface area (TPSA) is 131 Å². The Hall–Kier alpha value is -3.86. The van der Waals surface area contributed by atoms with Crippen LogP contribution >= 0.6 is 11.6 Å². The standard InChI is InChI=1S/C25H24ClN5O5/c1-31-19-9-14(11-27-18(13-32)25(33)34)12-28-23(19)24(30-31)29-17-4-2-3-16(22(17)26)15-5-6-20-21(10-15)36-8-7-35-20/h2-6,9-10,12,18,27,32H,7-8,11,13H2,1H3,(H,29,30)(H,33,34)/t18-/m1/s1. The van der Waals surface area contributed by atoms with Gasteiger partial charge in [0.15, 0.2) is 17.3 Å². The van der Waals surface area contributed by atoms with Gasteiger partial charge >= 0.3 is 5.97 Å². The number of aliphatic hydroxyl groups is 1. The number of nitrogens with zero attached hydrogens (tertiary/aromatic N) is 3. The summed E-state index contributed by atoms with van der Waals surface area (Å²) in [5.74, 6) is 0.818. The van der Waals surface area contributed by atoms with E-state index in [1.165, 1.54) is 0 Å². The van der Waals surface area contributed by atoms with Crippen LogP contribution in [0, 0.1) is 0 Å². The lowest BCUT2D eigenvalue weighted by atomic mass is 10.0. The third kappa shape index (κ3) is 4.66. The smallest absolute Gasteiger partial charge is 0.323 e. The summed E-state index contributed by atoms with van der Waals surface area (Å²) >= 11 is 6.80.